The molecule has 5 N–H and O–H groups in total. The predicted molar refractivity (Wildman–Crippen MR) is 160 cm³/mol. The molecule has 1 amide bonds. The number of nitrogens with zero attached hydrogens (tertiary/aromatic N) is 6. The average Bonchev–Trinajstić information content (AvgIpc) is 3.49. The van der Waals surface area contributed by atoms with E-state index in [2.05, 4.69) is 45.4 Å². The number of para-hydroxylation sites is 1. The zero-order valence-corrected chi connectivity index (χ0v) is 22.9. The Kier molecular flexibility index (Phi) is 7.39. The number of primary amides is 1. The second-order valence-corrected chi connectivity index (χ2v) is 9.29. The maximum Gasteiger partial charge on any atom is 0.264 e. The van der Waals surface area contributed by atoms with Gasteiger partial charge < -0.3 is 16.8 Å². The number of rotatable bonds is 3. The fourth-order valence-electron chi connectivity index (χ4n) is 4.57. The van der Waals surface area contributed by atoms with E-state index in [1.54, 1.807) is 21.7 Å². The highest BCUT2D eigenvalue weighted by Gasteiger charge is 2.21. The van der Waals surface area contributed by atoms with Crippen molar-refractivity contribution in [3.05, 3.63) is 99.2 Å². The normalized spacial score (nSPS) is 11.6. The number of hydrogen-bond donors (Lipinski definition) is 3. The van der Waals surface area contributed by atoms with E-state index < -0.39 is 5.91 Å². The molecule has 1 aliphatic rings. The van der Waals surface area contributed by atoms with Gasteiger partial charge in [-0.3, -0.25) is 18.8 Å². The highest BCUT2D eigenvalue weighted by Crippen LogP contribution is 2.22. The van der Waals surface area contributed by atoms with Gasteiger partial charge in [-0.05, 0) is 43.0 Å². The Morgan fingerprint density at radius 3 is 2.54 bits per heavy atom. The number of hydrogen-bond acceptors (Lipinski definition) is 7. The number of carbonyl (C=O) groups excluding carboxylic acids is 1. The van der Waals surface area contributed by atoms with Gasteiger partial charge in [-0.1, -0.05) is 49.1 Å². The van der Waals surface area contributed by atoms with Crippen LogP contribution in [0, 0.1) is 18.8 Å². The van der Waals surface area contributed by atoms with Crippen LogP contribution in [0.1, 0.15) is 39.8 Å². The number of benzene rings is 2. The summed E-state index contributed by atoms with van der Waals surface area (Å²) in [6.07, 6.45) is 4.14. The van der Waals surface area contributed by atoms with Crippen molar-refractivity contribution in [2.24, 2.45) is 17.9 Å². The molecule has 0 bridgehead atoms. The third-order valence-corrected chi connectivity index (χ3v) is 6.76. The summed E-state index contributed by atoms with van der Waals surface area (Å²) < 4.78 is 3.59. The molecule has 2 aromatic carbocycles. The number of pyridine rings is 1. The quantitative estimate of drug-likeness (QED) is 0.296. The molecule has 206 valence electrons. The lowest BCUT2D eigenvalue weighted by molar-refractivity contribution is 0.100. The molecule has 1 aliphatic heterocycles. The maximum atomic E-state index is 13.5. The second-order valence-electron chi connectivity index (χ2n) is 9.29. The SMILES string of the molecule is CCc1cc2cccc(C#Cc3cnn(C)c3C)c2c(=O)n1-c1ccccc1.NC(=O)c1c(N)nn2c1NCC=N2. The number of aryl methyl sites for hydroxylation is 2. The van der Waals surface area contributed by atoms with Crippen LogP contribution < -0.4 is 22.3 Å². The Morgan fingerprint density at radius 2 is 1.85 bits per heavy atom. The van der Waals surface area contributed by atoms with Gasteiger partial charge in [0.2, 0.25) is 0 Å². The fraction of sp³-hybridized carbons (Fsp3) is 0.167. The molecular weight excluding hydrogens is 518 g/mol. The predicted octanol–water partition coefficient (Wildman–Crippen LogP) is 2.82. The Morgan fingerprint density at radius 1 is 1.10 bits per heavy atom. The molecule has 4 heterocycles. The first kappa shape index (κ1) is 27.0. The summed E-state index contributed by atoms with van der Waals surface area (Å²) in [7, 11) is 1.89. The topological polar surface area (TPSA) is 151 Å². The first-order valence-electron chi connectivity index (χ1n) is 13.0. The first-order valence-corrected chi connectivity index (χ1v) is 13.0. The smallest absolute Gasteiger partial charge is 0.264 e. The van der Waals surface area contributed by atoms with Gasteiger partial charge in [0, 0.05) is 30.2 Å². The molecule has 0 unspecified atom stereocenters. The van der Waals surface area contributed by atoms with Crippen LogP contribution in [0.15, 0.2) is 70.7 Å². The van der Waals surface area contributed by atoms with Crippen molar-refractivity contribution in [1.29, 1.82) is 0 Å². The average molecular weight is 548 g/mol. The van der Waals surface area contributed by atoms with Crippen LogP contribution in [0.5, 0.6) is 0 Å². The van der Waals surface area contributed by atoms with Gasteiger partial charge in [-0.15, -0.1) is 9.89 Å². The van der Waals surface area contributed by atoms with Gasteiger partial charge in [-0.2, -0.15) is 10.2 Å². The fourth-order valence-corrected chi connectivity index (χ4v) is 4.57. The molecule has 0 atom stereocenters. The molecule has 0 aliphatic carbocycles. The number of nitrogens with one attached hydrogen (secondary N) is 1. The zero-order valence-electron chi connectivity index (χ0n) is 22.9. The second kappa shape index (κ2) is 11.2. The van der Waals surface area contributed by atoms with Crippen LogP contribution in [-0.2, 0) is 13.5 Å². The van der Waals surface area contributed by atoms with Crippen LogP contribution in [0.25, 0.3) is 16.5 Å². The van der Waals surface area contributed by atoms with Crippen LogP contribution in [0.3, 0.4) is 0 Å². The lowest BCUT2D eigenvalue weighted by Crippen LogP contribution is -2.22. The monoisotopic (exact) mass is 547 g/mol. The van der Waals surface area contributed by atoms with Crippen molar-refractivity contribution in [3.8, 4) is 17.5 Å². The molecular formula is C30H29N9O2. The third-order valence-electron chi connectivity index (χ3n) is 6.76. The summed E-state index contributed by atoms with van der Waals surface area (Å²) in [5.41, 5.74) is 15.2. The number of aromatic nitrogens is 5. The van der Waals surface area contributed by atoms with Crippen molar-refractivity contribution in [2.75, 3.05) is 17.6 Å². The van der Waals surface area contributed by atoms with Gasteiger partial charge in [0.1, 0.15) is 5.56 Å². The number of anilines is 2. The number of carbonyl (C=O) groups is 1. The van der Waals surface area contributed by atoms with Crippen molar-refractivity contribution in [3.63, 3.8) is 0 Å². The minimum atomic E-state index is -0.608. The molecule has 11 heteroatoms. The van der Waals surface area contributed by atoms with Gasteiger partial charge in [0.15, 0.2) is 11.6 Å². The summed E-state index contributed by atoms with van der Waals surface area (Å²) in [5.74, 6) is 6.31. The van der Waals surface area contributed by atoms with Crippen LogP contribution in [-0.4, -0.2) is 42.9 Å². The lowest BCUT2D eigenvalue weighted by Gasteiger charge is -2.14. The Bertz CT molecular complexity index is 1920. The molecule has 0 fully saturated rings. The highest BCUT2D eigenvalue weighted by molar-refractivity contribution is 6.02. The standard InChI is InChI=1S/C24H21N3O.C6H8N6O/c1-4-21-15-19-10-8-9-18(13-14-20-16-25-26(3)17(20)2)23(19)24(28)27(21)22-11-6-5-7-12-22;7-4-3(5(8)13)6-9-1-2-10-12(6)11-4/h5-12,15-16H,4H2,1-3H3;2,9H,1H2,(H2,7,11)(H2,8,13). The summed E-state index contributed by atoms with van der Waals surface area (Å²) in [6, 6.07) is 17.7. The van der Waals surface area contributed by atoms with E-state index in [-0.39, 0.29) is 16.9 Å². The number of fused-ring (bicyclic) bond motifs is 2. The number of amides is 1. The Labute approximate surface area is 236 Å². The van der Waals surface area contributed by atoms with Crippen molar-refractivity contribution >= 4 is 34.5 Å². The van der Waals surface area contributed by atoms with E-state index >= 15 is 0 Å². The van der Waals surface area contributed by atoms with Gasteiger partial charge in [0.25, 0.3) is 11.5 Å². The van der Waals surface area contributed by atoms with Crippen molar-refractivity contribution < 1.29 is 4.79 Å². The molecule has 0 saturated carbocycles. The molecule has 0 spiro atoms. The van der Waals surface area contributed by atoms with E-state index in [0.29, 0.717) is 17.7 Å². The summed E-state index contributed by atoms with van der Waals surface area (Å²) >= 11 is 0. The molecule has 5 aromatic rings. The molecule has 11 nitrogen and oxygen atoms in total. The largest absolute Gasteiger partial charge is 0.381 e. The lowest BCUT2D eigenvalue weighted by atomic mass is 10.0. The van der Waals surface area contributed by atoms with Gasteiger partial charge >= 0.3 is 0 Å². The van der Waals surface area contributed by atoms with E-state index in [1.807, 2.05) is 62.5 Å². The van der Waals surface area contributed by atoms with Crippen LogP contribution in [0.4, 0.5) is 11.6 Å². The number of nitrogens with two attached hydrogens (primary N) is 2. The molecule has 6 rings (SSSR count). The minimum Gasteiger partial charge on any atom is -0.381 e. The zero-order chi connectivity index (χ0) is 29.1. The van der Waals surface area contributed by atoms with E-state index in [1.165, 1.54) is 4.79 Å². The van der Waals surface area contributed by atoms with Crippen LogP contribution >= 0.6 is 0 Å². The Hall–Kier alpha value is -5.63. The van der Waals surface area contributed by atoms with Gasteiger partial charge in [-0.25, -0.2) is 0 Å². The summed E-state index contributed by atoms with van der Waals surface area (Å²) in [5, 5.41) is 16.4. The van der Waals surface area contributed by atoms with Crippen LogP contribution in [0.2, 0.25) is 0 Å². The van der Waals surface area contributed by atoms with E-state index in [4.69, 9.17) is 11.5 Å². The number of nitrogen functional groups attached to an aromatic ring is 1. The molecule has 0 radical (unpaired) electrons. The molecule has 3 aromatic heterocycles. The first-order chi connectivity index (χ1) is 19.8. The maximum absolute atomic E-state index is 13.5. The minimum absolute atomic E-state index is 0.0339. The Balaban J connectivity index is 0.000000216. The van der Waals surface area contributed by atoms with Crippen molar-refractivity contribution in [1.82, 2.24) is 24.2 Å². The van der Waals surface area contributed by atoms with E-state index in [0.717, 1.165) is 40.0 Å². The third kappa shape index (κ3) is 5.18. The van der Waals surface area contributed by atoms with Crippen molar-refractivity contribution in [2.45, 2.75) is 20.3 Å². The summed E-state index contributed by atoms with van der Waals surface area (Å²) in [4.78, 5) is 25.7. The molecule has 0 saturated heterocycles. The molecule has 41 heavy (non-hydrogen) atoms. The summed E-state index contributed by atoms with van der Waals surface area (Å²) in [6.45, 7) is 4.58. The van der Waals surface area contributed by atoms with Gasteiger partial charge in [0.05, 0.1) is 29.4 Å². The van der Waals surface area contributed by atoms with E-state index in [9.17, 15) is 9.59 Å². The highest BCUT2D eigenvalue weighted by atomic mass is 16.1.